The molecule has 0 saturated carbocycles. The van der Waals surface area contributed by atoms with Gasteiger partial charge in [-0.05, 0) is 18.3 Å². The lowest BCUT2D eigenvalue weighted by molar-refractivity contribution is 0.0691. The normalized spacial score (nSPS) is 11.3. The van der Waals surface area contributed by atoms with E-state index in [1.807, 2.05) is 13.8 Å². The fourth-order valence-corrected chi connectivity index (χ4v) is 1.59. The van der Waals surface area contributed by atoms with E-state index in [0.29, 0.717) is 6.54 Å². The molecule has 100 valence electrons. The molecule has 1 rings (SSSR count). The molecular weight excluding hydrogens is 234 g/mol. The molecule has 6 nitrogen and oxygen atoms in total. The van der Waals surface area contributed by atoms with E-state index in [2.05, 4.69) is 15.3 Å². The SMILES string of the molecule is CC(C)(CCCO)CNc1nccnc1C(=O)O. The van der Waals surface area contributed by atoms with Gasteiger partial charge in [0.2, 0.25) is 0 Å². The molecule has 0 aliphatic rings. The molecule has 18 heavy (non-hydrogen) atoms. The maximum atomic E-state index is 10.9. The summed E-state index contributed by atoms with van der Waals surface area (Å²) in [5, 5.41) is 20.8. The highest BCUT2D eigenvalue weighted by Gasteiger charge is 2.19. The Morgan fingerprint density at radius 2 is 2.06 bits per heavy atom. The largest absolute Gasteiger partial charge is 0.476 e. The Kier molecular flexibility index (Phi) is 5.03. The summed E-state index contributed by atoms with van der Waals surface area (Å²) in [7, 11) is 0. The molecule has 0 radical (unpaired) electrons. The number of nitrogens with zero attached hydrogens (tertiary/aromatic N) is 2. The Morgan fingerprint density at radius 1 is 1.39 bits per heavy atom. The van der Waals surface area contributed by atoms with Crippen LogP contribution in [-0.4, -0.2) is 39.3 Å². The van der Waals surface area contributed by atoms with Gasteiger partial charge < -0.3 is 15.5 Å². The molecular formula is C12H19N3O3. The lowest BCUT2D eigenvalue weighted by atomic mass is 9.88. The molecule has 0 saturated heterocycles. The number of hydrogen-bond donors (Lipinski definition) is 3. The fourth-order valence-electron chi connectivity index (χ4n) is 1.59. The molecule has 0 atom stereocenters. The second-order valence-corrected chi connectivity index (χ2v) is 4.90. The third kappa shape index (κ3) is 4.29. The van der Waals surface area contributed by atoms with Crippen LogP contribution in [0.5, 0.6) is 0 Å². The number of aliphatic hydroxyl groups is 1. The monoisotopic (exact) mass is 253 g/mol. The van der Waals surface area contributed by atoms with Crippen molar-refractivity contribution in [2.45, 2.75) is 26.7 Å². The predicted molar refractivity (Wildman–Crippen MR) is 67.6 cm³/mol. The van der Waals surface area contributed by atoms with E-state index in [9.17, 15) is 4.79 Å². The second kappa shape index (κ2) is 6.30. The molecule has 1 aromatic heterocycles. The average Bonchev–Trinajstić information content (AvgIpc) is 2.34. The number of carboxylic acids is 1. The van der Waals surface area contributed by atoms with Crippen molar-refractivity contribution < 1.29 is 15.0 Å². The summed E-state index contributed by atoms with van der Waals surface area (Å²) in [6, 6.07) is 0. The van der Waals surface area contributed by atoms with E-state index in [0.717, 1.165) is 12.8 Å². The van der Waals surface area contributed by atoms with Gasteiger partial charge in [-0.15, -0.1) is 0 Å². The summed E-state index contributed by atoms with van der Waals surface area (Å²) in [6.45, 7) is 4.83. The minimum absolute atomic E-state index is 0.0456. The average molecular weight is 253 g/mol. The van der Waals surface area contributed by atoms with E-state index in [1.165, 1.54) is 12.4 Å². The highest BCUT2D eigenvalue weighted by atomic mass is 16.4. The summed E-state index contributed by atoms with van der Waals surface area (Å²) >= 11 is 0. The Hall–Kier alpha value is -1.69. The molecule has 0 aromatic carbocycles. The van der Waals surface area contributed by atoms with Gasteiger partial charge in [0, 0.05) is 25.5 Å². The van der Waals surface area contributed by atoms with Crippen LogP contribution in [0.1, 0.15) is 37.2 Å². The van der Waals surface area contributed by atoms with Crippen molar-refractivity contribution in [3.63, 3.8) is 0 Å². The molecule has 3 N–H and O–H groups in total. The smallest absolute Gasteiger partial charge is 0.358 e. The van der Waals surface area contributed by atoms with Gasteiger partial charge in [0.1, 0.15) is 0 Å². The van der Waals surface area contributed by atoms with Crippen molar-refractivity contribution in [3.8, 4) is 0 Å². The summed E-state index contributed by atoms with van der Waals surface area (Å²) in [5.74, 6) is -0.819. The van der Waals surface area contributed by atoms with Crippen LogP contribution in [-0.2, 0) is 0 Å². The number of carbonyl (C=O) groups is 1. The van der Waals surface area contributed by atoms with Crippen molar-refractivity contribution in [2.75, 3.05) is 18.5 Å². The Balaban J connectivity index is 2.65. The molecule has 0 spiro atoms. The maximum absolute atomic E-state index is 10.9. The number of aliphatic hydroxyl groups excluding tert-OH is 1. The predicted octanol–water partition coefficient (Wildman–Crippen LogP) is 1.39. The van der Waals surface area contributed by atoms with Gasteiger partial charge in [0.25, 0.3) is 0 Å². The number of rotatable bonds is 7. The van der Waals surface area contributed by atoms with Crippen LogP contribution in [0.2, 0.25) is 0 Å². The van der Waals surface area contributed by atoms with E-state index >= 15 is 0 Å². The highest BCUT2D eigenvalue weighted by molar-refractivity contribution is 5.90. The summed E-state index contributed by atoms with van der Waals surface area (Å²) in [4.78, 5) is 18.7. The van der Waals surface area contributed by atoms with Crippen molar-refractivity contribution in [1.29, 1.82) is 0 Å². The number of aromatic carboxylic acids is 1. The summed E-state index contributed by atoms with van der Waals surface area (Å²) in [6.07, 6.45) is 4.38. The van der Waals surface area contributed by atoms with Gasteiger partial charge >= 0.3 is 5.97 Å². The van der Waals surface area contributed by atoms with Gasteiger partial charge in [0.05, 0.1) is 0 Å². The first kappa shape index (κ1) is 14.4. The van der Waals surface area contributed by atoms with Crippen LogP contribution in [0.15, 0.2) is 12.4 Å². The van der Waals surface area contributed by atoms with Gasteiger partial charge in [-0.3, -0.25) is 0 Å². The Bertz CT molecular complexity index is 407. The number of aromatic nitrogens is 2. The van der Waals surface area contributed by atoms with Gasteiger partial charge in [0.15, 0.2) is 11.5 Å². The molecule has 1 heterocycles. The maximum Gasteiger partial charge on any atom is 0.358 e. The number of hydrogen-bond acceptors (Lipinski definition) is 5. The molecule has 0 fully saturated rings. The van der Waals surface area contributed by atoms with Crippen LogP contribution < -0.4 is 5.32 Å². The number of nitrogens with one attached hydrogen (secondary N) is 1. The quantitative estimate of drug-likeness (QED) is 0.679. The minimum atomic E-state index is -1.10. The van der Waals surface area contributed by atoms with E-state index < -0.39 is 5.97 Å². The van der Waals surface area contributed by atoms with Crippen LogP contribution in [0.25, 0.3) is 0 Å². The highest BCUT2D eigenvalue weighted by Crippen LogP contribution is 2.23. The first-order valence-corrected chi connectivity index (χ1v) is 5.85. The molecule has 0 unspecified atom stereocenters. The summed E-state index contributed by atoms with van der Waals surface area (Å²) in [5.41, 5.74) is -0.119. The fraction of sp³-hybridized carbons (Fsp3) is 0.583. The van der Waals surface area contributed by atoms with Gasteiger partial charge in [-0.1, -0.05) is 13.8 Å². The third-order valence-corrected chi connectivity index (χ3v) is 2.65. The van der Waals surface area contributed by atoms with Crippen molar-refractivity contribution in [3.05, 3.63) is 18.1 Å². The standard InChI is InChI=1S/C12H19N3O3/c1-12(2,4-3-7-16)8-15-10-9(11(17)18)13-5-6-14-10/h5-6,16H,3-4,7-8H2,1-2H3,(H,14,15)(H,17,18). The molecule has 0 aliphatic heterocycles. The Labute approximate surface area is 106 Å². The van der Waals surface area contributed by atoms with E-state index in [4.69, 9.17) is 10.2 Å². The van der Waals surface area contributed by atoms with E-state index in [-0.39, 0.29) is 23.5 Å². The molecule has 0 amide bonds. The zero-order valence-corrected chi connectivity index (χ0v) is 10.7. The number of carboxylic acid groups (broad SMARTS) is 1. The first-order valence-electron chi connectivity index (χ1n) is 5.85. The Morgan fingerprint density at radius 3 is 2.67 bits per heavy atom. The van der Waals surface area contributed by atoms with Crippen molar-refractivity contribution >= 4 is 11.8 Å². The van der Waals surface area contributed by atoms with Gasteiger partial charge in [-0.2, -0.15) is 0 Å². The molecule has 0 bridgehead atoms. The van der Waals surface area contributed by atoms with Crippen molar-refractivity contribution in [2.24, 2.45) is 5.41 Å². The lowest BCUT2D eigenvalue weighted by Gasteiger charge is -2.25. The lowest BCUT2D eigenvalue weighted by Crippen LogP contribution is -2.25. The topological polar surface area (TPSA) is 95.3 Å². The van der Waals surface area contributed by atoms with Crippen LogP contribution in [0.3, 0.4) is 0 Å². The first-order chi connectivity index (χ1) is 8.46. The van der Waals surface area contributed by atoms with Gasteiger partial charge in [-0.25, -0.2) is 14.8 Å². The zero-order chi connectivity index (χ0) is 13.6. The van der Waals surface area contributed by atoms with E-state index in [1.54, 1.807) is 0 Å². The minimum Gasteiger partial charge on any atom is -0.476 e. The van der Waals surface area contributed by atoms with Crippen LogP contribution in [0, 0.1) is 5.41 Å². The third-order valence-electron chi connectivity index (χ3n) is 2.65. The number of anilines is 1. The zero-order valence-electron chi connectivity index (χ0n) is 10.7. The van der Waals surface area contributed by atoms with Crippen LogP contribution >= 0.6 is 0 Å². The second-order valence-electron chi connectivity index (χ2n) is 4.90. The molecule has 0 aliphatic carbocycles. The van der Waals surface area contributed by atoms with Crippen LogP contribution in [0.4, 0.5) is 5.82 Å². The van der Waals surface area contributed by atoms with Crippen molar-refractivity contribution in [1.82, 2.24) is 9.97 Å². The molecule has 1 aromatic rings. The summed E-state index contributed by atoms with van der Waals surface area (Å²) < 4.78 is 0. The molecule has 6 heteroatoms.